The zero-order valence-corrected chi connectivity index (χ0v) is 19.5. The molecule has 2 heterocycles. The molecule has 0 unspecified atom stereocenters. The second-order valence-electron chi connectivity index (χ2n) is 8.49. The maximum Gasteiger partial charge on any atom is 0.433 e. The summed E-state index contributed by atoms with van der Waals surface area (Å²) in [6.45, 7) is 0.220. The average Bonchev–Trinajstić information content (AvgIpc) is 3.14. The summed E-state index contributed by atoms with van der Waals surface area (Å²) < 4.78 is 47.0. The molecule has 34 heavy (non-hydrogen) atoms. The Balaban J connectivity index is 1.52. The van der Waals surface area contributed by atoms with E-state index in [9.17, 15) is 18.0 Å². The number of aromatic nitrogens is 3. The Morgan fingerprint density at radius 2 is 2.03 bits per heavy atom. The molecule has 1 aliphatic carbocycles. The monoisotopic (exact) mass is 495 g/mol. The highest BCUT2D eigenvalue weighted by molar-refractivity contribution is 6.31. The summed E-state index contributed by atoms with van der Waals surface area (Å²) in [4.78, 5) is 16.6. The number of rotatable bonds is 6. The summed E-state index contributed by atoms with van der Waals surface area (Å²) in [5.74, 6) is -0.244. The van der Waals surface area contributed by atoms with Crippen molar-refractivity contribution >= 4 is 34.1 Å². The van der Waals surface area contributed by atoms with E-state index in [-0.39, 0.29) is 30.1 Å². The first-order chi connectivity index (χ1) is 16.1. The molecular formula is C23H25ClF3N5O2. The minimum Gasteiger partial charge on any atom is -0.382 e. The van der Waals surface area contributed by atoms with Crippen LogP contribution in [0.5, 0.6) is 0 Å². The molecule has 2 N–H and O–H groups in total. The Morgan fingerprint density at radius 3 is 2.76 bits per heavy atom. The summed E-state index contributed by atoms with van der Waals surface area (Å²) in [7, 11) is 3.27. The minimum absolute atomic E-state index is 0.128. The van der Waals surface area contributed by atoms with Crippen molar-refractivity contribution in [2.24, 2.45) is 7.05 Å². The summed E-state index contributed by atoms with van der Waals surface area (Å²) in [6.07, 6.45) is -0.00101. The van der Waals surface area contributed by atoms with Crippen molar-refractivity contribution in [3.8, 4) is 0 Å². The van der Waals surface area contributed by atoms with Gasteiger partial charge in [-0.3, -0.25) is 9.48 Å². The van der Waals surface area contributed by atoms with Gasteiger partial charge in [0.2, 0.25) is 0 Å². The molecule has 1 aliphatic rings. The van der Waals surface area contributed by atoms with E-state index in [1.54, 1.807) is 24.0 Å². The second-order valence-corrected chi connectivity index (χ2v) is 8.93. The Kier molecular flexibility index (Phi) is 6.99. The first kappa shape index (κ1) is 24.3. The van der Waals surface area contributed by atoms with E-state index >= 15 is 0 Å². The van der Waals surface area contributed by atoms with Crippen molar-refractivity contribution < 1.29 is 22.7 Å². The number of carbonyl (C=O) groups is 1. The van der Waals surface area contributed by atoms with Crippen molar-refractivity contribution in [1.29, 1.82) is 0 Å². The van der Waals surface area contributed by atoms with E-state index in [0.29, 0.717) is 33.8 Å². The van der Waals surface area contributed by atoms with E-state index in [1.807, 2.05) is 0 Å². The van der Waals surface area contributed by atoms with Crippen molar-refractivity contribution in [1.82, 2.24) is 20.1 Å². The van der Waals surface area contributed by atoms with Crippen LogP contribution in [0.3, 0.4) is 0 Å². The minimum atomic E-state index is -4.57. The molecule has 0 aliphatic heterocycles. The number of amides is 1. The fraction of sp³-hybridized carbons (Fsp3) is 0.435. The van der Waals surface area contributed by atoms with Crippen molar-refractivity contribution in [3.05, 3.63) is 52.4 Å². The predicted octanol–water partition coefficient (Wildman–Crippen LogP) is 4.94. The van der Waals surface area contributed by atoms with Gasteiger partial charge in [0.1, 0.15) is 11.4 Å². The standard InChI is InChI=1S/C23H25ClF3N5O2/c1-32-11-17(20(31-32)12-34-2)22(33)29-15-5-3-4-14(9-15)28-19-10-21(23(25,26)27)30-18-7-6-13(24)8-16(18)19/h6-8,10-11,14-15H,3-5,9,12H2,1-2H3,(H,28,30)(H,29,33)/t14-,15+/m0/s1. The van der Waals surface area contributed by atoms with E-state index < -0.39 is 11.9 Å². The summed E-state index contributed by atoms with van der Waals surface area (Å²) in [5.41, 5.74) is 0.570. The number of benzene rings is 1. The largest absolute Gasteiger partial charge is 0.433 e. The molecule has 1 aromatic carbocycles. The zero-order chi connectivity index (χ0) is 24.5. The molecule has 1 saturated carbocycles. The van der Waals surface area contributed by atoms with Crippen molar-refractivity contribution in [3.63, 3.8) is 0 Å². The van der Waals surface area contributed by atoms with Crippen LogP contribution in [0, 0.1) is 0 Å². The van der Waals surface area contributed by atoms with Crippen LogP contribution in [-0.2, 0) is 24.6 Å². The molecule has 1 fully saturated rings. The summed E-state index contributed by atoms with van der Waals surface area (Å²) in [5, 5.41) is 11.5. The number of carbonyl (C=O) groups excluding carboxylic acids is 1. The van der Waals surface area contributed by atoms with Crippen LogP contribution >= 0.6 is 11.6 Å². The molecule has 0 radical (unpaired) electrons. The summed E-state index contributed by atoms with van der Waals surface area (Å²) >= 11 is 6.10. The van der Waals surface area contributed by atoms with Crippen LogP contribution in [0.2, 0.25) is 5.02 Å². The molecule has 4 rings (SSSR count). The lowest BCUT2D eigenvalue weighted by Crippen LogP contribution is -2.42. The molecule has 1 amide bonds. The molecule has 0 saturated heterocycles. The third kappa shape index (κ3) is 5.44. The summed E-state index contributed by atoms with van der Waals surface area (Å²) in [6, 6.07) is 5.36. The molecule has 7 nitrogen and oxygen atoms in total. The van der Waals surface area contributed by atoms with Gasteiger partial charge in [-0.2, -0.15) is 18.3 Å². The van der Waals surface area contributed by atoms with Gasteiger partial charge in [0.15, 0.2) is 0 Å². The van der Waals surface area contributed by atoms with Gasteiger partial charge < -0.3 is 15.4 Å². The molecule has 2 aromatic heterocycles. The van der Waals surface area contributed by atoms with Crippen molar-refractivity contribution in [2.75, 3.05) is 12.4 Å². The van der Waals surface area contributed by atoms with Gasteiger partial charge >= 0.3 is 6.18 Å². The van der Waals surface area contributed by atoms with Crippen molar-refractivity contribution in [2.45, 2.75) is 50.6 Å². The molecule has 0 bridgehead atoms. The SMILES string of the molecule is COCc1nn(C)cc1C(=O)N[C@@H]1CCC[C@H](Nc2cc(C(F)(F)F)nc3ccc(Cl)cc23)C1. The quantitative estimate of drug-likeness (QED) is 0.506. The number of hydrogen-bond donors (Lipinski definition) is 2. The number of ether oxygens (including phenoxy) is 1. The van der Waals surface area contributed by atoms with Crippen LogP contribution in [0.15, 0.2) is 30.5 Å². The van der Waals surface area contributed by atoms with E-state index in [2.05, 4.69) is 20.7 Å². The highest BCUT2D eigenvalue weighted by Gasteiger charge is 2.34. The number of aryl methyl sites for hydroxylation is 1. The molecule has 2 atom stereocenters. The number of hydrogen-bond acceptors (Lipinski definition) is 5. The maximum absolute atomic E-state index is 13.4. The highest BCUT2D eigenvalue weighted by atomic mass is 35.5. The van der Waals surface area contributed by atoms with Crippen LogP contribution < -0.4 is 10.6 Å². The molecular weight excluding hydrogens is 471 g/mol. The lowest BCUT2D eigenvalue weighted by atomic mass is 9.90. The lowest BCUT2D eigenvalue weighted by molar-refractivity contribution is -0.140. The van der Waals surface area contributed by atoms with Gasteiger partial charge in [-0.1, -0.05) is 11.6 Å². The normalized spacial score (nSPS) is 18.8. The third-order valence-electron chi connectivity index (χ3n) is 5.86. The third-order valence-corrected chi connectivity index (χ3v) is 6.10. The van der Waals surface area contributed by atoms with Gasteiger partial charge in [0, 0.05) is 48.5 Å². The highest BCUT2D eigenvalue weighted by Crippen LogP contribution is 2.35. The van der Waals surface area contributed by atoms with Crippen LogP contribution in [0.4, 0.5) is 18.9 Å². The maximum atomic E-state index is 13.4. The number of nitrogens with one attached hydrogen (secondary N) is 2. The number of fused-ring (bicyclic) bond motifs is 1. The molecule has 0 spiro atoms. The van der Waals surface area contributed by atoms with E-state index in [4.69, 9.17) is 16.3 Å². The average molecular weight is 496 g/mol. The number of halogens is 4. The number of pyridine rings is 1. The molecule has 182 valence electrons. The lowest BCUT2D eigenvalue weighted by Gasteiger charge is -2.31. The Bertz CT molecular complexity index is 1200. The smallest absolute Gasteiger partial charge is 0.382 e. The van der Waals surface area contributed by atoms with Crippen LogP contribution in [-0.4, -0.2) is 39.9 Å². The topological polar surface area (TPSA) is 81.1 Å². The van der Waals surface area contributed by atoms with Gasteiger partial charge in [0.25, 0.3) is 5.91 Å². The van der Waals surface area contributed by atoms with E-state index in [1.165, 1.54) is 19.2 Å². The molecule has 11 heteroatoms. The zero-order valence-electron chi connectivity index (χ0n) is 18.7. The Labute approximate surface area is 199 Å². The number of anilines is 1. The number of alkyl halides is 3. The first-order valence-electron chi connectivity index (χ1n) is 10.9. The van der Waals surface area contributed by atoms with Gasteiger partial charge in [-0.15, -0.1) is 0 Å². The van der Waals surface area contributed by atoms with Crippen LogP contribution in [0.1, 0.15) is 47.4 Å². The van der Waals surface area contributed by atoms with E-state index in [0.717, 1.165) is 25.3 Å². The predicted molar refractivity (Wildman–Crippen MR) is 123 cm³/mol. The Morgan fingerprint density at radius 1 is 1.26 bits per heavy atom. The van der Waals surface area contributed by atoms with Gasteiger partial charge in [-0.25, -0.2) is 4.98 Å². The number of methoxy groups -OCH3 is 1. The second kappa shape index (κ2) is 9.79. The fourth-order valence-corrected chi connectivity index (χ4v) is 4.54. The fourth-order valence-electron chi connectivity index (χ4n) is 4.37. The van der Waals surface area contributed by atoms with Crippen LogP contribution in [0.25, 0.3) is 10.9 Å². The first-order valence-corrected chi connectivity index (χ1v) is 11.3. The molecule has 3 aromatic rings. The van der Waals surface area contributed by atoms with Gasteiger partial charge in [0.05, 0.1) is 17.7 Å². The van der Waals surface area contributed by atoms with Gasteiger partial charge in [-0.05, 0) is 49.9 Å². The number of nitrogens with zero attached hydrogens (tertiary/aromatic N) is 3. The Hall–Kier alpha value is -2.85.